The molecule has 2 heterocycles. The van der Waals surface area contributed by atoms with E-state index in [4.69, 9.17) is 5.73 Å². The van der Waals surface area contributed by atoms with Gasteiger partial charge in [-0.3, -0.25) is 9.78 Å². The minimum Gasteiger partial charge on any atom is -0.375 e. The molecule has 0 aliphatic carbocycles. The van der Waals surface area contributed by atoms with Crippen LogP contribution in [0.2, 0.25) is 0 Å². The van der Waals surface area contributed by atoms with Crippen molar-refractivity contribution < 1.29 is 9.18 Å². The monoisotopic (exact) mass is 237 g/mol. The molecule has 0 saturated heterocycles. The Morgan fingerprint density at radius 1 is 1.56 bits per heavy atom. The molecular weight excluding hydrogens is 229 g/mol. The second-order valence-electron chi connectivity index (χ2n) is 3.13. The van der Waals surface area contributed by atoms with E-state index in [2.05, 4.69) is 9.97 Å². The van der Waals surface area contributed by atoms with Gasteiger partial charge in [-0.15, -0.1) is 11.3 Å². The Hall–Kier alpha value is -1.82. The third-order valence-corrected chi connectivity index (χ3v) is 2.71. The zero-order chi connectivity index (χ0) is 11.5. The highest BCUT2D eigenvalue weighted by Gasteiger charge is 2.13. The highest BCUT2D eigenvalue weighted by atomic mass is 32.1. The molecule has 0 radical (unpaired) electrons. The number of halogens is 1. The fraction of sp³-hybridized carbons (Fsp3) is 0.100. The number of hydrogen-bond donors (Lipinski definition) is 1. The van der Waals surface area contributed by atoms with Gasteiger partial charge >= 0.3 is 0 Å². The lowest BCUT2D eigenvalue weighted by atomic mass is 10.1. The second-order valence-corrected chi connectivity index (χ2v) is 4.02. The van der Waals surface area contributed by atoms with Crippen molar-refractivity contribution in [3.05, 3.63) is 40.9 Å². The number of carbonyl (C=O) groups is 1. The van der Waals surface area contributed by atoms with Crippen LogP contribution in [0.1, 0.15) is 16.1 Å². The van der Waals surface area contributed by atoms with Gasteiger partial charge in [-0.2, -0.15) is 0 Å². The average Bonchev–Trinajstić information content (AvgIpc) is 2.64. The summed E-state index contributed by atoms with van der Waals surface area (Å²) >= 11 is 1.25. The van der Waals surface area contributed by atoms with Crippen LogP contribution >= 0.6 is 11.3 Å². The first-order chi connectivity index (χ1) is 7.66. The van der Waals surface area contributed by atoms with Crippen molar-refractivity contribution in [3.8, 4) is 0 Å². The minimum atomic E-state index is -0.615. The Balaban J connectivity index is 2.18. The van der Waals surface area contributed by atoms with E-state index in [-0.39, 0.29) is 17.8 Å². The number of carbonyl (C=O) groups excluding carboxylic acids is 1. The van der Waals surface area contributed by atoms with Gasteiger partial charge in [-0.25, -0.2) is 9.37 Å². The molecule has 0 amide bonds. The van der Waals surface area contributed by atoms with E-state index in [1.165, 1.54) is 23.6 Å². The molecule has 6 heteroatoms. The molecule has 0 spiro atoms. The summed E-state index contributed by atoms with van der Waals surface area (Å²) in [4.78, 5) is 19.2. The largest absolute Gasteiger partial charge is 0.375 e. The zero-order valence-electron chi connectivity index (χ0n) is 8.18. The molecule has 16 heavy (non-hydrogen) atoms. The Bertz CT molecular complexity index is 526. The lowest BCUT2D eigenvalue weighted by molar-refractivity contribution is 0.0988. The molecular formula is C10H8FN3OS. The van der Waals surface area contributed by atoms with Gasteiger partial charge in [-0.1, -0.05) is 0 Å². The quantitative estimate of drug-likeness (QED) is 0.825. The molecule has 0 aliphatic heterocycles. The summed E-state index contributed by atoms with van der Waals surface area (Å²) in [6.07, 6.45) is 2.45. The average molecular weight is 237 g/mol. The first kappa shape index (κ1) is 10.7. The molecule has 4 nitrogen and oxygen atoms in total. The molecule has 0 atom stereocenters. The van der Waals surface area contributed by atoms with Crippen molar-refractivity contribution in [2.45, 2.75) is 6.42 Å². The molecule has 0 bridgehead atoms. The van der Waals surface area contributed by atoms with E-state index in [1.807, 2.05) is 0 Å². The Kier molecular flexibility index (Phi) is 2.91. The summed E-state index contributed by atoms with van der Waals surface area (Å²) in [6, 6.07) is 1.35. The van der Waals surface area contributed by atoms with Crippen LogP contribution in [0.5, 0.6) is 0 Å². The lowest BCUT2D eigenvalue weighted by Gasteiger charge is -1.99. The van der Waals surface area contributed by atoms with Gasteiger partial charge in [0.05, 0.1) is 23.9 Å². The van der Waals surface area contributed by atoms with Crippen LogP contribution in [0.3, 0.4) is 0 Å². The van der Waals surface area contributed by atoms with Crippen molar-refractivity contribution in [1.82, 2.24) is 9.97 Å². The maximum atomic E-state index is 13.2. The number of nitrogens with zero attached hydrogens (tertiary/aromatic N) is 2. The SMILES string of the molecule is Nc1nc(CC(=O)c2ccncc2F)cs1. The summed E-state index contributed by atoms with van der Waals surface area (Å²) in [7, 11) is 0. The van der Waals surface area contributed by atoms with Gasteiger partial charge in [0.2, 0.25) is 0 Å². The van der Waals surface area contributed by atoms with Gasteiger partial charge < -0.3 is 5.73 Å². The van der Waals surface area contributed by atoms with E-state index < -0.39 is 5.82 Å². The number of thiazole rings is 1. The molecule has 0 unspecified atom stereocenters. The summed E-state index contributed by atoms with van der Waals surface area (Å²) < 4.78 is 13.2. The van der Waals surface area contributed by atoms with Crippen molar-refractivity contribution in [2.75, 3.05) is 5.73 Å². The van der Waals surface area contributed by atoms with Crippen molar-refractivity contribution in [2.24, 2.45) is 0 Å². The smallest absolute Gasteiger partial charge is 0.180 e. The van der Waals surface area contributed by atoms with Crippen molar-refractivity contribution in [3.63, 3.8) is 0 Å². The number of Topliss-reactive ketones (excluding diaryl/α,β-unsaturated/α-hetero) is 1. The summed E-state index contributed by atoms with van der Waals surface area (Å²) in [5, 5.41) is 2.09. The Morgan fingerprint density at radius 3 is 3.00 bits per heavy atom. The predicted octanol–water partition coefficient (Wildman–Crippen LogP) is 1.68. The van der Waals surface area contributed by atoms with E-state index in [1.54, 1.807) is 5.38 Å². The van der Waals surface area contributed by atoms with Crippen LogP contribution in [0.15, 0.2) is 23.8 Å². The van der Waals surface area contributed by atoms with Crippen LogP contribution in [0.4, 0.5) is 9.52 Å². The van der Waals surface area contributed by atoms with Crippen LogP contribution in [0, 0.1) is 5.82 Å². The maximum Gasteiger partial charge on any atom is 0.180 e. The first-order valence-electron chi connectivity index (χ1n) is 4.49. The van der Waals surface area contributed by atoms with Crippen LogP contribution < -0.4 is 5.73 Å². The number of aromatic nitrogens is 2. The number of anilines is 1. The van der Waals surface area contributed by atoms with E-state index >= 15 is 0 Å². The Labute approximate surface area is 95.0 Å². The zero-order valence-corrected chi connectivity index (χ0v) is 9.00. The topological polar surface area (TPSA) is 68.9 Å². The fourth-order valence-electron chi connectivity index (χ4n) is 1.26. The van der Waals surface area contributed by atoms with Crippen LogP contribution in [-0.4, -0.2) is 15.8 Å². The van der Waals surface area contributed by atoms with Gasteiger partial charge in [0.25, 0.3) is 0 Å². The highest BCUT2D eigenvalue weighted by molar-refractivity contribution is 7.13. The van der Waals surface area contributed by atoms with Gasteiger partial charge in [0, 0.05) is 11.6 Å². The van der Waals surface area contributed by atoms with Crippen LogP contribution in [0.25, 0.3) is 0 Å². The van der Waals surface area contributed by atoms with Gasteiger partial charge in [0.1, 0.15) is 0 Å². The first-order valence-corrected chi connectivity index (χ1v) is 5.37. The summed E-state index contributed by atoms with van der Waals surface area (Å²) in [6.45, 7) is 0. The molecule has 0 aliphatic rings. The lowest BCUT2D eigenvalue weighted by Crippen LogP contribution is -2.06. The normalized spacial score (nSPS) is 10.3. The standard InChI is InChI=1S/C10H8FN3OS/c11-8-4-13-2-1-7(8)9(15)3-6-5-16-10(12)14-6/h1-2,4-5H,3H2,(H2,12,14). The number of pyridine rings is 1. The molecule has 2 rings (SSSR count). The van der Waals surface area contributed by atoms with E-state index in [0.29, 0.717) is 10.8 Å². The molecule has 2 aromatic rings. The number of rotatable bonds is 3. The number of hydrogen-bond acceptors (Lipinski definition) is 5. The molecule has 0 fully saturated rings. The number of nitrogen functional groups attached to an aromatic ring is 1. The fourth-order valence-corrected chi connectivity index (χ4v) is 1.83. The predicted molar refractivity (Wildman–Crippen MR) is 58.8 cm³/mol. The van der Waals surface area contributed by atoms with Gasteiger partial charge in [0.15, 0.2) is 16.7 Å². The van der Waals surface area contributed by atoms with Crippen LogP contribution in [-0.2, 0) is 6.42 Å². The highest BCUT2D eigenvalue weighted by Crippen LogP contribution is 2.14. The Morgan fingerprint density at radius 2 is 2.38 bits per heavy atom. The molecule has 2 aromatic heterocycles. The van der Waals surface area contributed by atoms with Gasteiger partial charge in [-0.05, 0) is 6.07 Å². The van der Waals surface area contributed by atoms with Crippen molar-refractivity contribution >= 4 is 22.3 Å². The maximum absolute atomic E-state index is 13.2. The minimum absolute atomic E-state index is 0.0292. The third kappa shape index (κ3) is 2.22. The molecule has 0 saturated carbocycles. The summed E-state index contributed by atoms with van der Waals surface area (Å²) in [5.41, 5.74) is 6.02. The van der Waals surface area contributed by atoms with Crippen molar-refractivity contribution in [1.29, 1.82) is 0 Å². The van der Waals surface area contributed by atoms with E-state index in [9.17, 15) is 9.18 Å². The van der Waals surface area contributed by atoms with E-state index in [0.717, 1.165) is 6.20 Å². The third-order valence-electron chi connectivity index (χ3n) is 1.98. The second kappa shape index (κ2) is 4.36. The number of ketones is 1. The molecule has 2 N–H and O–H groups in total. The molecule has 82 valence electrons. The number of nitrogens with two attached hydrogens (primary N) is 1. The summed E-state index contributed by atoms with van der Waals surface area (Å²) in [5.74, 6) is -0.944. The molecule has 0 aromatic carbocycles.